The van der Waals surface area contributed by atoms with Gasteiger partial charge in [-0.1, -0.05) is 24.3 Å². The van der Waals surface area contributed by atoms with E-state index in [1.807, 2.05) is 25.1 Å². The van der Waals surface area contributed by atoms with Crippen LogP contribution in [0.15, 0.2) is 24.3 Å². The van der Waals surface area contributed by atoms with Gasteiger partial charge in [0, 0.05) is 19.5 Å². The lowest BCUT2D eigenvalue weighted by atomic mass is 10.0. The minimum Gasteiger partial charge on any atom is -0.387 e. The Balaban J connectivity index is 1.92. The summed E-state index contributed by atoms with van der Waals surface area (Å²) in [5.41, 5.74) is -0.146. The molecule has 2 rings (SSSR count). The predicted octanol–water partition coefficient (Wildman–Crippen LogP) is 0.846. The number of carbonyl (C=O) groups is 1. The maximum atomic E-state index is 14.1. The van der Waals surface area contributed by atoms with Crippen LogP contribution in [-0.2, 0) is 4.79 Å². The third-order valence-corrected chi connectivity index (χ3v) is 3.51. The van der Waals surface area contributed by atoms with Gasteiger partial charge in [-0.2, -0.15) is 0 Å². The molecule has 5 heteroatoms. The summed E-state index contributed by atoms with van der Waals surface area (Å²) in [7, 11) is 0. The number of aryl methyl sites for hydroxylation is 1. The molecule has 4 nitrogen and oxygen atoms in total. The molecule has 1 aliphatic rings. The third-order valence-electron chi connectivity index (χ3n) is 3.51. The SMILES string of the molecule is Cc1ccccc1C(O)CNC(=O)C1(F)CCNC1. The van der Waals surface area contributed by atoms with E-state index in [9.17, 15) is 14.3 Å². The van der Waals surface area contributed by atoms with Crippen molar-refractivity contribution in [1.29, 1.82) is 0 Å². The molecule has 0 saturated carbocycles. The molecule has 1 heterocycles. The van der Waals surface area contributed by atoms with Gasteiger partial charge in [0.25, 0.3) is 5.91 Å². The molecule has 19 heavy (non-hydrogen) atoms. The monoisotopic (exact) mass is 266 g/mol. The highest BCUT2D eigenvalue weighted by atomic mass is 19.1. The Labute approximate surface area is 112 Å². The first-order valence-corrected chi connectivity index (χ1v) is 6.44. The summed E-state index contributed by atoms with van der Waals surface area (Å²) in [4.78, 5) is 11.8. The Hall–Kier alpha value is -1.46. The highest BCUT2D eigenvalue weighted by Gasteiger charge is 2.41. The molecule has 0 spiro atoms. The van der Waals surface area contributed by atoms with Gasteiger partial charge in [-0.15, -0.1) is 0 Å². The quantitative estimate of drug-likeness (QED) is 0.757. The molecular weight excluding hydrogens is 247 g/mol. The smallest absolute Gasteiger partial charge is 0.259 e. The van der Waals surface area contributed by atoms with E-state index in [-0.39, 0.29) is 19.5 Å². The number of rotatable bonds is 4. The first-order valence-electron chi connectivity index (χ1n) is 6.44. The van der Waals surface area contributed by atoms with Crippen LogP contribution in [0.3, 0.4) is 0 Å². The number of hydrogen-bond donors (Lipinski definition) is 3. The molecule has 0 radical (unpaired) electrons. The van der Waals surface area contributed by atoms with Crippen LogP contribution in [0, 0.1) is 6.92 Å². The second kappa shape index (κ2) is 5.67. The number of aliphatic hydroxyl groups excluding tert-OH is 1. The topological polar surface area (TPSA) is 61.4 Å². The molecule has 2 atom stereocenters. The molecule has 0 aromatic heterocycles. The van der Waals surface area contributed by atoms with Gasteiger partial charge in [-0.3, -0.25) is 4.79 Å². The van der Waals surface area contributed by atoms with Crippen LogP contribution in [0.1, 0.15) is 23.7 Å². The fraction of sp³-hybridized carbons (Fsp3) is 0.500. The highest BCUT2D eigenvalue weighted by molar-refractivity contribution is 5.85. The molecule has 1 saturated heterocycles. The summed E-state index contributed by atoms with van der Waals surface area (Å²) >= 11 is 0. The second-order valence-electron chi connectivity index (χ2n) is 4.97. The van der Waals surface area contributed by atoms with Crippen LogP contribution >= 0.6 is 0 Å². The van der Waals surface area contributed by atoms with Gasteiger partial charge in [0.15, 0.2) is 0 Å². The standard InChI is InChI=1S/C14H19FN2O2/c1-10-4-2-3-5-11(10)12(18)8-17-13(19)14(15)6-7-16-9-14/h2-5,12,16,18H,6-9H2,1H3,(H,17,19). The zero-order valence-corrected chi connectivity index (χ0v) is 10.9. The van der Waals surface area contributed by atoms with Crippen molar-refractivity contribution in [3.8, 4) is 0 Å². The number of benzene rings is 1. The molecule has 1 aromatic carbocycles. The fourth-order valence-corrected chi connectivity index (χ4v) is 2.27. The maximum absolute atomic E-state index is 14.1. The van der Waals surface area contributed by atoms with Crippen LogP contribution in [0.2, 0.25) is 0 Å². The van der Waals surface area contributed by atoms with Crippen molar-refractivity contribution in [3.63, 3.8) is 0 Å². The van der Waals surface area contributed by atoms with Crippen molar-refractivity contribution in [2.75, 3.05) is 19.6 Å². The molecule has 1 aliphatic heterocycles. The van der Waals surface area contributed by atoms with Crippen LogP contribution in [-0.4, -0.2) is 36.3 Å². The van der Waals surface area contributed by atoms with Crippen molar-refractivity contribution in [2.24, 2.45) is 0 Å². The van der Waals surface area contributed by atoms with Crippen molar-refractivity contribution in [3.05, 3.63) is 35.4 Å². The van der Waals surface area contributed by atoms with Gasteiger partial charge >= 0.3 is 0 Å². The summed E-state index contributed by atoms with van der Waals surface area (Å²) < 4.78 is 14.1. The molecular formula is C14H19FN2O2. The molecule has 0 aliphatic carbocycles. The number of aliphatic hydroxyl groups is 1. The summed E-state index contributed by atoms with van der Waals surface area (Å²) in [6.07, 6.45) is -0.637. The van der Waals surface area contributed by atoms with Crippen LogP contribution in [0.4, 0.5) is 4.39 Å². The average molecular weight is 266 g/mol. The fourth-order valence-electron chi connectivity index (χ4n) is 2.27. The largest absolute Gasteiger partial charge is 0.387 e. The van der Waals surface area contributed by atoms with Crippen LogP contribution in [0.25, 0.3) is 0 Å². The molecule has 1 fully saturated rings. The molecule has 0 bridgehead atoms. The van der Waals surface area contributed by atoms with E-state index in [1.54, 1.807) is 6.07 Å². The minimum atomic E-state index is -1.84. The van der Waals surface area contributed by atoms with Gasteiger partial charge in [0.2, 0.25) is 5.67 Å². The van der Waals surface area contributed by atoms with E-state index in [2.05, 4.69) is 10.6 Å². The van der Waals surface area contributed by atoms with E-state index in [1.165, 1.54) is 0 Å². The van der Waals surface area contributed by atoms with Crippen molar-refractivity contribution in [2.45, 2.75) is 25.1 Å². The maximum Gasteiger partial charge on any atom is 0.259 e. The summed E-state index contributed by atoms with van der Waals surface area (Å²) in [5.74, 6) is -0.648. The zero-order valence-electron chi connectivity index (χ0n) is 10.9. The van der Waals surface area contributed by atoms with E-state index in [4.69, 9.17) is 0 Å². The van der Waals surface area contributed by atoms with Crippen molar-refractivity contribution >= 4 is 5.91 Å². The normalized spacial score (nSPS) is 24.2. The highest BCUT2D eigenvalue weighted by Crippen LogP contribution is 2.21. The summed E-state index contributed by atoms with van der Waals surface area (Å²) in [6, 6.07) is 7.39. The summed E-state index contributed by atoms with van der Waals surface area (Å²) in [6.45, 7) is 2.46. The number of amides is 1. The first kappa shape index (κ1) is 14.0. The minimum absolute atomic E-state index is 0.0232. The zero-order chi connectivity index (χ0) is 13.9. The Morgan fingerprint density at radius 2 is 2.32 bits per heavy atom. The van der Waals surface area contributed by atoms with Gasteiger partial charge in [0.05, 0.1) is 6.10 Å². The Morgan fingerprint density at radius 3 is 2.95 bits per heavy atom. The second-order valence-corrected chi connectivity index (χ2v) is 4.97. The lowest BCUT2D eigenvalue weighted by Crippen LogP contribution is -2.46. The molecule has 104 valence electrons. The predicted molar refractivity (Wildman–Crippen MR) is 70.5 cm³/mol. The van der Waals surface area contributed by atoms with Gasteiger partial charge < -0.3 is 15.7 Å². The van der Waals surface area contributed by atoms with Gasteiger partial charge in [0.1, 0.15) is 0 Å². The Bertz CT molecular complexity index is 459. The molecule has 1 aromatic rings. The van der Waals surface area contributed by atoms with Crippen LogP contribution < -0.4 is 10.6 Å². The van der Waals surface area contributed by atoms with Crippen molar-refractivity contribution in [1.82, 2.24) is 10.6 Å². The third kappa shape index (κ3) is 3.11. The number of hydrogen-bond acceptors (Lipinski definition) is 3. The van der Waals surface area contributed by atoms with Crippen LogP contribution in [0.5, 0.6) is 0 Å². The van der Waals surface area contributed by atoms with Gasteiger partial charge in [-0.05, 0) is 24.6 Å². The lowest BCUT2D eigenvalue weighted by Gasteiger charge is -2.20. The Morgan fingerprint density at radius 1 is 1.58 bits per heavy atom. The lowest BCUT2D eigenvalue weighted by molar-refractivity contribution is -0.132. The molecule has 2 unspecified atom stereocenters. The van der Waals surface area contributed by atoms with E-state index in [0.717, 1.165) is 11.1 Å². The van der Waals surface area contributed by atoms with E-state index >= 15 is 0 Å². The van der Waals surface area contributed by atoms with E-state index < -0.39 is 17.7 Å². The number of carbonyl (C=O) groups excluding carboxylic acids is 1. The first-order chi connectivity index (χ1) is 9.03. The van der Waals surface area contributed by atoms with E-state index in [0.29, 0.717) is 6.54 Å². The number of alkyl halides is 1. The van der Waals surface area contributed by atoms with Gasteiger partial charge in [-0.25, -0.2) is 4.39 Å². The number of nitrogens with one attached hydrogen (secondary N) is 2. The Kier molecular flexibility index (Phi) is 4.17. The summed E-state index contributed by atoms with van der Waals surface area (Å²) in [5, 5.41) is 15.3. The number of halogens is 1. The molecule has 1 amide bonds. The average Bonchev–Trinajstić information content (AvgIpc) is 2.84. The molecule has 3 N–H and O–H groups in total. The van der Waals surface area contributed by atoms with Crippen molar-refractivity contribution < 1.29 is 14.3 Å².